The number of amides is 3. The van der Waals surface area contributed by atoms with E-state index in [4.69, 9.17) is 32.7 Å². The van der Waals surface area contributed by atoms with Crippen LogP contribution in [0.2, 0.25) is 10.0 Å². The summed E-state index contributed by atoms with van der Waals surface area (Å²) in [6, 6.07) is 23.5. The fraction of sp³-hybridized carbons (Fsp3) is 0.103. The van der Waals surface area contributed by atoms with Crippen molar-refractivity contribution in [3.8, 4) is 11.5 Å². The highest BCUT2D eigenvalue weighted by molar-refractivity contribution is 6.33. The van der Waals surface area contributed by atoms with Gasteiger partial charge in [0.25, 0.3) is 5.91 Å². The molecule has 186 valence electrons. The van der Waals surface area contributed by atoms with Crippen molar-refractivity contribution in [1.29, 1.82) is 0 Å². The van der Waals surface area contributed by atoms with Crippen molar-refractivity contribution in [2.75, 3.05) is 11.5 Å². The topological polar surface area (TPSA) is 67.9 Å². The van der Waals surface area contributed by atoms with Gasteiger partial charge in [0.1, 0.15) is 12.3 Å². The minimum Gasteiger partial charge on any atom is -0.490 e. The van der Waals surface area contributed by atoms with E-state index in [0.29, 0.717) is 46.0 Å². The Morgan fingerprint density at radius 2 is 1.70 bits per heavy atom. The zero-order valence-corrected chi connectivity index (χ0v) is 21.3. The van der Waals surface area contributed by atoms with Gasteiger partial charge in [0.15, 0.2) is 11.5 Å². The quantitative estimate of drug-likeness (QED) is 0.201. The number of halogens is 2. The molecule has 0 bridgehead atoms. The summed E-state index contributed by atoms with van der Waals surface area (Å²) in [4.78, 5) is 26.6. The molecule has 0 saturated carbocycles. The lowest BCUT2D eigenvalue weighted by Gasteiger charge is -2.15. The van der Waals surface area contributed by atoms with Crippen LogP contribution in [-0.4, -0.2) is 18.5 Å². The predicted octanol–water partition coefficient (Wildman–Crippen LogP) is 7.22. The number of imide groups is 1. The molecule has 6 nitrogen and oxygen atoms in total. The maximum Gasteiger partial charge on any atom is 0.333 e. The van der Waals surface area contributed by atoms with Crippen LogP contribution in [-0.2, 0) is 11.4 Å². The standard InChI is InChI=1S/C29H22Cl2N2O4/c1-2-36-26-15-18(14-25-28(34)33(29(35)32-25)22-11-6-10-21(30)16-22)13-24(31)27(26)37-17-20-9-5-8-19-7-3-4-12-23(19)20/h3-16H,2,17H2,1H3,(H,32,35)/b25-14+. The Kier molecular flexibility index (Phi) is 7.04. The van der Waals surface area contributed by atoms with E-state index in [0.717, 1.165) is 21.2 Å². The summed E-state index contributed by atoms with van der Waals surface area (Å²) >= 11 is 12.6. The first kappa shape index (κ1) is 24.7. The van der Waals surface area contributed by atoms with E-state index >= 15 is 0 Å². The number of carbonyl (C=O) groups excluding carboxylic acids is 2. The minimum absolute atomic E-state index is 0.105. The smallest absolute Gasteiger partial charge is 0.333 e. The molecule has 1 heterocycles. The molecule has 0 unspecified atom stereocenters. The number of hydrogen-bond acceptors (Lipinski definition) is 4. The average Bonchev–Trinajstić information content (AvgIpc) is 3.16. The fourth-order valence-electron chi connectivity index (χ4n) is 4.19. The Balaban J connectivity index is 1.42. The van der Waals surface area contributed by atoms with Crippen LogP contribution in [0.4, 0.5) is 10.5 Å². The van der Waals surface area contributed by atoms with Gasteiger partial charge in [0.05, 0.1) is 17.3 Å². The first-order valence-corrected chi connectivity index (χ1v) is 12.4. The summed E-state index contributed by atoms with van der Waals surface area (Å²) in [7, 11) is 0. The van der Waals surface area contributed by atoms with Crippen LogP contribution in [0.1, 0.15) is 18.1 Å². The third-order valence-corrected chi connectivity index (χ3v) is 6.36. The number of carbonyl (C=O) groups is 2. The van der Waals surface area contributed by atoms with Gasteiger partial charge in [-0.1, -0.05) is 71.7 Å². The zero-order chi connectivity index (χ0) is 25.9. The van der Waals surface area contributed by atoms with Gasteiger partial charge in [-0.15, -0.1) is 0 Å². The van der Waals surface area contributed by atoms with Crippen molar-refractivity contribution >= 4 is 57.7 Å². The monoisotopic (exact) mass is 532 g/mol. The molecular formula is C29H22Cl2N2O4. The van der Waals surface area contributed by atoms with Crippen LogP contribution in [0.25, 0.3) is 16.8 Å². The SMILES string of the molecule is CCOc1cc(/C=C2/NC(=O)N(c3cccc(Cl)c3)C2=O)cc(Cl)c1OCc1cccc2ccccc12. The van der Waals surface area contributed by atoms with Gasteiger partial charge >= 0.3 is 6.03 Å². The van der Waals surface area contributed by atoms with Crippen LogP contribution in [0.3, 0.4) is 0 Å². The number of fused-ring (bicyclic) bond motifs is 1. The Bertz CT molecular complexity index is 1550. The highest BCUT2D eigenvalue weighted by Crippen LogP contribution is 2.38. The molecule has 0 atom stereocenters. The third-order valence-electron chi connectivity index (χ3n) is 5.84. The molecule has 1 saturated heterocycles. The van der Waals surface area contributed by atoms with Crippen molar-refractivity contribution in [3.63, 3.8) is 0 Å². The number of ether oxygens (including phenoxy) is 2. The van der Waals surface area contributed by atoms with E-state index in [-0.39, 0.29) is 5.70 Å². The lowest BCUT2D eigenvalue weighted by atomic mass is 10.1. The fourth-order valence-corrected chi connectivity index (χ4v) is 4.65. The number of benzene rings is 4. The average molecular weight is 533 g/mol. The Morgan fingerprint density at radius 3 is 2.51 bits per heavy atom. The lowest BCUT2D eigenvalue weighted by molar-refractivity contribution is -0.113. The summed E-state index contributed by atoms with van der Waals surface area (Å²) in [5.74, 6) is 0.337. The molecular weight excluding hydrogens is 511 g/mol. The lowest BCUT2D eigenvalue weighted by Crippen LogP contribution is -2.30. The normalized spacial score (nSPS) is 14.4. The molecule has 4 aromatic carbocycles. The second-order valence-electron chi connectivity index (χ2n) is 8.30. The summed E-state index contributed by atoms with van der Waals surface area (Å²) in [6.45, 7) is 2.54. The number of rotatable bonds is 7. The predicted molar refractivity (Wildman–Crippen MR) is 146 cm³/mol. The van der Waals surface area contributed by atoms with Crippen LogP contribution in [0.15, 0.2) is 84.6 Å². The van der Waals surface area contributed by atoms with E-state index < -0.39 is 11.9 Å². The van der Waals surface area contributed by atoms with Crippen LogP contribution in [0.5, 0.6) is 11.5 Å². The molecule has 1 N–H and O–H groups in total. The Hall–Kier alpha value is -4.00. The second kappa shape index (κ2) is 10.5. The molecule has 0 spiro atoms. The van der Waals surface area contributed by atoms with E-state index in [9.17, 15) is 9.59 Å². The van der Waals surface area contributed by atoms with E-state index in [1.165, 1.54) is 0 Å². The molecule has 4 aromatic rings. The molecule has 3 amide bonds. The molecule has 5 rings (SSSR count). The molecule has 37 heavy (non-hydrogen) atoms. The molecule has 8 heteroatoms. The highest BCUT2D eigenvalue weighted by atomic mass is 35.5. The molecule has 0 aliphatic carbocycles. The number of anilines is 1. The van der Waals surface area contributed by atoms with E-state index in [1.54, 1.807) is 42.5 Å². The maximum atomic E-state index is 13.0. The molecule has 1 aliphatic rings. The van der Waals surface area contributed by atoms with Crippen molar-refractivity contribution in [3.05, 3.63) is 106 Å². The molecule has 0 radical (unpaired) electrons. The van der Waals surface area contributed by atoms with Crippen molar-refractivity contribution < 1.29 is 19.1 Å². The van der Waals surface area contributed by atoms with Gasteiger partial charge in [0, 0.05) is 5.02 Å². The van der Waals surface area contributed by atoms with Crippen molar-refractivity contribution in [2.45, 2.75) is 13.5 Å². The summed E-state index contributed by atoms with van der Waals surface area (Å²) in [5, 5.41) is 5.57. The number of urea groups is 1. The van der Waals surface area contributed by atoms with Crippen molar-refractivity contribution in [1.82, 2.24) is 5.32 Å². The number of nitrogens with zero attached hydrogens (tertiary/aromatic N) is 1. The third kappa shape index (κ3) is 5.12. The maximum absolute atomic E-state index is 13.0. The molecule has 1 fully saturated rings. The van der Waals surface area contributed by atoms with E-state index in [1.807, 2.05) is 37.3 Å². The van der Waals surface area contributed by atoms with Gasteiger partial charge in [0.2, 0.25) is 0 Å². The van der Waals surface area contributed by atoms with Crippen LogP contribution in [0, 0.1) is 0 Å². The minimum atomic E-state index is -0.565. The first-order valence-electron chi connectivity index (χ1n) is 11.6. The van der Waals surface area contributed by atoms with Gasteiger partial charge < -0.3 is 14.8 Å². The van der Waals surface area contributed by atoms with Gasteiger partial charge in [-0.05, 0) is 65.2 Å². The largest absolute Gasteiger partial charge is 0.490 e. The van der Waals surface area contributed by atoms with Gasteiger partial charge in [-0.25, -0.2) is 9.69 Å². The summed E-state index contributed by atoms with van der Waals surface area (Å²) in [5.41, 5.74) is 2.07. The van der Waals surface area contributed by atoms with Gasteiger partial charge in [-0.2, -0.15) is 0 Å². The number of nitrogens with one attached hydrogen (secondary N) is 1. The highest BCUT2D eigenvalue weighted by Gasteiger charge is 2.35. The van der Waals surface area contributed by atoms with Crippen LogP contribution < -0.4 is 19.7 Å². The van der Waals surface area contributed by atoms with Crippen LogP contribution >= 0.6 is 23.2 Å². The second-order valence-corrected chi connectivity index (χ2v) is 9.14. The van der Waals surface area contributed by atoms with Crippen molar-refractivity contribution in [2.24, 2.45) is 0 Å². The molecule has 1 aliphatic heterocycles. The summed E-state index contributed by atoms with van der Waals surface area (Å²) in [6.07, 6.45) is 1.55. The van der Waals surface area contributed by atoms with E-state index in [2.05, 4.69) is 17.4 Å². The summed E-state index contributed by atoms with van der Waals surface area (Å²) < 4.78 is 11.9. The Labute approximate surface area is 224 Å². The Morgan fingerprint density at radius 1 is 0.919 bits per heavy atom. The first-order chi connectivity index (χ1) is 17.9. The number of hydrogen-bond donors (Lipinski definition) is 1. The zero-order valence-electron chi connectivity index (χ0n) is 19.8. The van der Waals surface area contributed by atoms with Gasteiger partial charge in [-0.3, -0.25) is 4.79 Å². The molecule has 0 aromatic heterocycles.